The van der Waals surface area contributed by atoms with Crippen LogP contribution in [0.2, 0.25) is 5.15 Å². The zero-order valence-corrected chi connectivity index (χ0v) is 11.2. The first-order valence-electron chi connectivity index (χ1n) is 5.59. The van der Waals surface area contributed by atoms with Crippen LogP contribution in [0.4, 0.5) is 19.0 Å². The number of hydrogen-bond donors (Lipinski definition) is 0. The van der Waals surface area contributed by atoms with Crippen molar-refractivity contribution in [2.75, 3.05) is 11.4 Å². The molecule has 0 bridgehead atoms. The molecule has 0 fully saturated rings. The number of rotatable bonds is 4. The van der Waals surface area contributed by atoms with E-state index in [2.05, 4.69) is 9.97 Å². The van der Waals surface area contributed by atoms with E-state index in [-0.39, 0.29) is 17.0 Å². The maximum Gasteiger partial charge on any atom is 0.405 e. The fourth-order valence-electron chi connectivity index (χ4n) is 1.48. The molecule has 3 nitrogen and oxygen atoms in total. The van der Waals surface area contributed by atoms with E-state index in [1.54, 1.807) is 13.8 Å². The van der Waals surface area contributed by atoms with E-state index in [0.717, 1.165) is 4.90 Å². The third-order valence-electron chi connectivity index (χ3n) is 2.31. The number of nitrogens with zero attached hydrogens (tertiary/aromatic N) is 3. The number of anilines is 1. The second kappa shape index (κ2) is 5.73. The van der Waals surface area contributed by atoms with Crippen LogP contribution in [0.25, 0.3) is 0 Å². The molecule has 0 aliphatic heterocycles. The van der Waals surface area contributed by atoms with Crippen LogP contribution in [-0.4, -0.2) is 28.7 Å². The summed E-state index contributed by atoms with van der Waals surface area (Å²) in [5.74, 6) is 0.643. The Balaban J connectivity index is 3.09. The van der Waals surface area contributed by atoms with Crippen LogP contribution in [0.3, 0.4) is 0 Å². The Hall–Kier alpha value is -1.04. The molecule has 1 aromatic rings. The van der Waals surface area contributed by atoms with Crippen molar-refractivity contribution >= 4 is 17.4 Å². The van der Waals surface area contributed by atoms with Gasteiger partial charge in [0.15, 0.2) is 0 Å². The Labute approximate surface area is 109 Å². The standard InChI is InChI=1S/C11H15ClF3N3/c1-4-9-16-8(12)5-10(17-9)18(7(2)3)6-11(13,14)15/h5,7H,4,6H2,1-3H3. The molecule has 18 heavy (non-hydrogen) atoms. The highest BCUT2D eigenvalue weighted by Crippen LogP contribution is 2.24. The van der Waals surface area contributed by atoms with E-state index in [4.69, 9.17) is 11.6 Å². The van der Waals surface area contributed by atoms with Gasteiger partial charge in [-0.05, 0) is 13.8 Å². The fraction of sp³-hybridized carbons (Fsp3) is 0.636. The fourth-order valence-corrected chi connectivity index (χ4v) is 1.67. The highest BCUT2D eigenvalue weighted by molar-refractivity contribution is 6.29. The van der Waals surface area contributed by atoms with Crippen LogP contribution < -0.4 is 4.90 Å². The second-order valence-corrected chi connectivity index (χ2v) is 4.54. The summed E-state index contributed by atoms with van der Waals surface area (Å²) in [6.07, 6.45) is -3.76. The van der Waals surface area contributed by atoms with Crippen molar-refractivity contribution < 1.29 is 13.2 Å². The Kier molecular flexibility index (Phi) is 4.78. The van der Waals surface area contributed by atoms with E-state index in [0.29, 0.717) is 12.2 Å². The largest absolute Gasteiger partial charge is 0.405 e. The monoisotopic (exact) mass is 281 g/mol. The van der Waals surface area contributed by atoms with Gasteiger partial charge in [-0.15, -0.1) is 0 Å². The summed E-state index contributed by atoms with van der Waals surface area (Å²) in [5.41, 5.74) is 0. The molecule has 0 saturated heterocycles. The maximum atomic E-state index is 12.5. The highest BCUT2D eigenvalue weighted by Gasteiger charge is 2.32. The molecule has 1 rings (SSSR count). The van der Waals surface area contributed by atoms with Crippen molar-refractivity contribution in [2.45, 2.75) is 39.4 Å². The molecule has 0 amide bonds. The molecule has 0 N–H and O–H groups in total. The predicted molar refractivity (Wildman–Crippen MR) is 65.0 cm³/mol. The molecule has 0 unspecified atom stereocenters. The zero-order chi connectivity index (χ0) is 13.9. The first-order valence-corrected chi connectivity index (χ1v) is 5.97. The summed E-state index contributed by atoms with van der Waals surface area (Å²) in [6.45, 7) is 4.11. The summed E-state index contributed by atoms with van der Waals surface area (Å²) in [5, 5.41) is 0.157. The number of hydrogen-bond acceptors (Lipinski definition) is 3. The van der Waals surface area contributed by atoms with Crippen LogP contribution >= 0.6 is 11.6 Å². The van der Waals surface area contributed by atoms with E-state index < -0.39 is 12.7 Å². The van der Waals surface area contributed by atoms with Gasteiger partial charge in [0.05, 0.1) is 0 Å². The lowest BCUT2D eigenvalue weighted by atomic mass is 10.3. The van der Waals surface area contributed by atoms with Crippen molar-refractivity contribution in [3.8, 4) is 0 Å². The van der Waals surface area contributed by atoms with Gasteiger partial charge in [-0.25, -0.2) is 9.97 Å². The smallest absolute Gasteiger partial charge is 0.345 e. The van der Waals surface area contributed by atoms with Crippen LogP contribution in [0.1, 0.15) is 26.6 Å². The lowest BCUT2D eigenvalue weighted by molar-refractivity contribution is -0.120. The Morgan fingerprint density at radius 1 is 1.33 bits per heavy atom. The SMILES string of the molecule is CCc1nc(Cl)cc(N(CC(F)(F)F)C(C)C)n1. The van der Waals surface area contributed by atoms with Crippen LogP contribution in [0, 0.1) is 0 Å². The normalized spacial score (nSPS) is 12.0. The lowest BCUT2D eigenvalue weighted by Crippen LogP contribution is -2.39. The molecule has 0 aliphatic rings. The quantitative estimate of drug-likeness (QED) is 0.791. The zero-order valence-electron chi connectivity index (χ0n) is 10.4. The van der Waals surface area contributed by atoms with Crippen molar-refractivity contribution in [3.63, 3.8) is 0 Å². The van der Waals surface area contributed by atoms with Gasteiger partial charge in [0.25, 0.3) is 0 Å². The van der Waals surface area contributed by atoms with E-state index >= 15 is 0 Å². The predicted octanol–water partition coefficient (Wildman–Crippen LogP) is 3.47. The van der Waals surface area contributed by atoms with E-state index in [1.165, 1.54) is 6.07 Å². The van der Waals surface area contributed by atoms with Crippen molar-refractivity contribution in [2.24, 2.45) is 0 Å². The van der Waals surface area contributed by atoms with Gasteiger partial charge < -0.3 is 4.90 Å². The summed E-state index contributed by atoms with van der Waals surface area (Å²) in [4.78, 5) is 9.18. The molecule has 0 spiro atoms. The first kappa shape index (κ1) is 15.0. The highest BCUT2D eigenvalue weighted by atomic mass is 35.5. The van der Waals surface area contributed by atoms with Gasteiger partial charge in [0.1, 0.15) is 23.3 Å². The van der Waals surface area contributed by atoms with Crippen LogP contribution in [0.5, 0.6) is 0 Å². The minimum Gasteiger partial charge on any atom is -0.345 e. The maximum absolute atomic E-state index is 12.5. The molecule has 7 heteroatoms. The van der Waals surface area contributed by atoms with Crippen molar-refractivity contribution in [1.82, 2.24) is 9.97 Å². The van der Waals surface area contributed by atoms with Gasteiger partial charge in [-0.2, -0.15) is 13.2 Å². The second-order valence-electron chi connectivity index (χ2n) is 4.16. The lowest BCUT2D eigenvalue weighted by Gasteiger charge is -2.29. The summed E-state index contributed by atoms with van der Waals surface area (Å²) in [7, 11) is 0. The van der Waals surface area contributed by atoms with Gasteiger partial charge in [-0.1, -0.05) is 18.5 Å². The van der Waals surface area contributed by atoms with Gasteiger partial charge in [0, 0.05) is 18.5 Å². The summed E-state index contributed by atoms with van der Waals surface area (Å²) in [6, 6.07) is 1.02. The molecule has 1 aromatic heterocycles. The minimum atomic E-state index is -4.28. The minimum absolute atomic E-state index is 0.157. The first-order chi connectivity index (χ1) is 8.23. The summed E-state index contributed by atoms with van der Waals surface area (Å²) >= 11 is 5.79. The average molecular weight is 282 g/mol. The number of halogens is 4. The Morgan fingerprint density at radius 2 is 1.94 bits per heavy atom. The molecule has 0 aliphatic carbocycles. The molecule has 0 radical (unpaired) electrons. The third kappa shape index (κ3) is 4.33. The molecular weight excluding hydrogens is 267 g/mol. The van der Waals surface area contributed by atoms with E-state index in [9.17, 15) is 13.2 Å². The molecule has 0 saturated carbocycles. The number of alkyl halides is 3. The van der Waals surface area contributed by atoms with Crippen LogP contribution in [-0.2, 0) is 6.42 Å². The van der Waals surface area contributed by atoms with Gasteiger partial charge in [-0.3, -0.25) is 0 Å². The van der Waals surface area contributed by atoms with Gasteiger partial charge in [0.2, 0.25) is 0 Å². The topological polar surface area (TPSA) is 29.0 Å². The van der Waals surface area contributed by atoms with Crippen LogP contribution in [0.15, 0.2) is 6.07 Å². The van der Waals surface area contributed by atoms with Crippen molar-refractivity contribution in [1.29, 1.82) is 0 Å². The van der Waals surface area contributed by atoms with Gasteiger partial charge >= 0.3 is 6.18 Å². The third-order valence-corrected chi connectivity index (χ3v) is 2.50. The average Bonchev–Trinajstić information content (AvgIpc) is 2.23. The molecule has 0 aromatic carbocycles. The van der Waals surface area contributed by atoms with Crippen molar-refractivity contribution in [3.05, 3.63) is 17.0 Å². The van der Waals surface area contributed by atoms with E-state index in [1.807, 2.05) is 6.92 Å². The molecule has 0 atom stereocenters. The Morgan fingerprint density at radius 3 is 2.39 bits per heavy atom. The molecular formula is C11H15ClF3N3. The molecule has 102 valence electrons. The number of aromatic nitrogens is 2. The number of aryl methyl sites for hydroxylation is 1. The Bertz CT molecular complexity index is 407. The molecule has 1 heterocycles. The summed E-state index contributed by atoms with van der Waals surface area (Å²) < 4.78 is 37.5.